The van der Waals surface area contributed by atoms with Gasteiger partial charge in [-0.3, -0.25) is 4.79 Å². The molecule has 1 saturated heterocycles. The number of hydrogen-bond acceptors (Lipinski definition) is 3. The van der Waals surface area contributed by atoms with Crippen molar-refractivity contribution < 1.29 is 4.79 Å². The average molecular weight is 238 g/mol. The van der Waals surface area contributed by atoms with Crippen LogP contribution < -0.4 is 0 Å². The number of thioether (sulfide) groups is 2. The summed E-state index contributed by atoms with van der Waals surface area (Å²) in [5.74, 6) is 2.52. The molecule has 1 nitrogen and oxygen atoms in total. The van der Waals surface area contributed by atoms with E-state index in [9.17, 15) is 4.79 Å². The Kier molecular flexibility index (Phi) is 3.76. The molecule has 1 aromatic carbocycles. The Labute approximate surface area is 99.0 Å². The van der Waals surface area contributed by atoms with Gasteiger partial charge >= 0.3 is 0 Å². The molecule has 0 aliphatic carbocycles. The van der Waals surface area contributed by atoms with Crippen molar-refractivity contribution in [3.8, 4) is 0 Å². The number of carbonyl (C=O) groups excluding carboxylic acids is 1. The van der Waals surface area contributed by atoms with Crippen LogP contribution in [-0.2, 0) is 0 Å². The van der Waals surface area contributed by atoms with Crippen LogP contribution in [0.15, 0.2) is 24.3 Å². The highest BCUT2D eigenvalue weighted by Crippen LogP contribution is 2.32. The molecule has 3 heteroatoms. The number of benzene rings is 1. The standard InChI is InChI=1S/C12H14OS2/c1-9-3-5-10(6-4-9)11(13)12-14-7-2-8-15-12/h3-6,12H,2,7-8H2,1H3. The molecule has 0 saturated carbocycles. The first kappa shape index (κ1) is 11.1. The molecule has 1 aliphatic rings. The minimum absolute atomic E-state index is 0.126. The van der Waals surface area contributed by atoms with Gasteiger partial charge in [0, 0.05) is 5.56 Å². The van der Waals surface area contributed by atoms with Crippen LogP contribution in [0.3, 0.4) is 0 Å². The van der Waals surface area contributed by atoms with Crippen molar-refractivity contribution in [2.24, 2.45) is 0 Å². The summed E-state index contributed by atoms with van der Waals surface area (Å²) in [4.78, 5) is 12.1. The number of ketones is 1. The summed E-state index contributed by atoms with van der Waals surface area (Å²) >= 11 is 3.57. The minimum atomic E-state index is 0.126. The van der Waals surface area contributed by atoms with Crippen molar-refractivity contribution in [1.29, 1.82) is 0 Å². The fourth-order valence-corrected chi connectivity index (χ4v) is 4.26. The molecule has 0 N–H and O–H groups in total. The molecule has 15 heavy (non-hydrogen) atoms. The van der Waals surface area contributed by atoms with Crippen molar-refractivity contribution in [3.05, 3.63) is 35.4 Å². The number of aryl methyl sites for hydroxylation is 1. The summed E-state index contributed by atoms with van der Waals surface area (Å²) in [5.41, 5.74) is 2.06. The van der Waals surface area contributed by atoms with Gasteiger partial charge in [0.2, 0.25) is 0 Å². The quantitative estimate of drug-likeness (QED) is 0.735. The van der Waals surface area contributed by atoms with Crippen LogP contribution in [0, 0.1) is 6.92 Å². The molecule has 1 heterocycles. The first-order valence-corrected chi connectivity index (χ1v) is 7.21. The van der Waals surface area contributed by atoms with Gasteiger partial charge in [-0.05, 0) is 24.9 Å². The van der Waals surface area contributed by atoms with Gasteiger partial charge in [-0.15, -0.1) is 23.5 Å². The van der Waals surface area contributed by atoms with E-state index in [1.54, 1.807) is 23.5 Å². The number of Topliss-reactive ketones (excluding diaryl/α,β-unsaturated/α-hetero) is 1. The van der Waals surface area contributed by atoms with Crippen LogP contribution in [0.2, 0.25) is 0 Å². The van der Waals surface area contributed by atoms with Crippen molar-refractivity contribution >= 4 is 29.3 Å². The Balaban J connectivity index is 2.09. The summed E-state index contributed by atoms with van der Waals surface area (Å²) in [6, 6.07) is 7.89. The molecule has 80 valence electrons. The van der Waals surface area contributed by atoms with E-state index < -0.39 is 0 Å². The highest BCUT2D eigenvalue weighted by molar-refractivity contribution is 8.18. The summed E-state index contributed by atoms with van der Waals surface area (Å²) in [6.07, 6.45) is 1.23. The lowest BCUT2D eigenvalue weighted by Gasteiger charge is -2.19. The third-order valence-corrected chi connectivity index (χ3v) is 5.28. The van der Waals surface area contributed by atoms with E-state index in [1.165, 1.54) is 12.0 Å². The highest BCUT2D eigenvalue weighted by Gasteiger charge is 2.23. The molecule has 0 unspecified atom stereocenters. The lowest BCUT2D eigenvalue weighted by Crippen LogP contribution is -2.18. The zero-order chi connectivity index (χ0) is 10.7. The predicted octanol–water partition coefficient (Wildman–Crippen LogP) is 3.37. The molecule has 0 atom stereocenters. The van der Waals surface area contributed by atoms with Gasteiger partial charge in [0.15, 0.2) is 5.78 Å². The van der Waals surface area contributed by atoms with Gasteiger partial charge in [-0.2, -0.15) is 0 Å². The Bertz CT molecular complexity index is 339. The molecule has 1 aliphatic heterocycles. The second-order valence-electron chi connectivity index (χ2n) is 3.66. The van der Waals surface area contributed by atoms with Crippen LogP contribution in [0.4, 0.5) is 0 Å². The summed E-state index contributed by atoms with van der Waals surface area (Å²) in [5, 5.41) is 0. The second kappa shape index (κ2) is 5.08. The van der Waals surface area contributed by atoms with Crippen LogP contribution in [-0.4, -0.2) is 21.9 Å². The molecular weight excluding hydrogens is 224 g/mol. The van der Waals surface area contributed by atoms with Crippen LogP contribution in [0.1, 0.15) is 22.3 Å². The predicted molar refractivity (Wildman–Crippen MR) is 68.8 cm³/mol. The fraction of sp³-hybridized carbons (Fsp3) is 0.417. The normalized spacial score (nSPS) is 17.7. The van der Waals surface area contributed by atoms with Crippen molar-refractivity contribution in [2.45, 2.75) is 17.9 Å². The molecule has 0 bridgehead atoms. The Morgan fingerprint density at radius 1 is 1.20 bits per heavy atom. The third kappa shape index (κ3) is 2.79. The van der Waals surface area contributed by atoms with E-state index in [0.717, 1.165) is 17.1 Å². The Morgan fingerprint density at radius 3 is 2.40 bits per heavy atom. The molecule has 1 aromatic rings. The van der Waals surface area contributed by atoms with E-state index in [1.807, 2.05) is 31.2 Å². The molecule has 1 fully saturated rings. The fourth-order valence-electron chi connectivity index (χ4n) is 1.49. The van der Waals surface area contributed by atoms with Gasteiger partial charge in [0.25, 0.3) is 0 Å². The van der Waals surface area contributed by atoms with Gasteiger partial charge in [0.1, 0.15) is 4.58 Å². The highest BCUT2D eigenvalue weighted by atomic mass is 32.2. The molecular formula is C12H14OS2. The maximum Gasteiger partial charge on any atom is 0.185 e. The van der Waals surface area contributed by atoms with Crippen molar-refractivity contribution in [3.63, 3.8) is 0 Å². The first-order valence-electron chi connectivity index (χ1n) is 5.11. The van der Waals surface area contributed by atoms with Gasteiger partial charge in [-0.1, -0.05) is 29.8 Å². The van der Waals surface area contributed by atoms with Crippen molar-refractivity contribution in [2.75, 3.05) is 11.5 Å². The van der Waals surface area contributed by atoms with E-state index in [2.05, 4.69) is 0 Å². The lowest BCUT2D eigenvalue weighted by molar-refractivity contribution is 0.101. The number of hydrogen-bond donors (Lipinski definition) is 0. The molecule has 0 aromatic heterocycles. The first-order chi connectivity index (χ1) is 7.27. The summed E-state index contributed by atoms with van der Waals surface area (Å²) in [6.45, 7) is 2.04. The SMILES string of the molecule is Cc1ccc(C(=O)C2SCCCS2)cc1. The Morgan fingerprint density at radius 2 is 1.80 bits per heavy atom. The van der Waals surface area contributed by atoms with Gasteiger partial charge in [-0.25, -0.2) is 0 Å². The maximum absolute atomic E-state index is 12.1. The van der Waals surface area contributed by atoms with Gasteiger partial charge in [0.05, 0.1) is 0 Å². The number of rotatable bonds is 2. The number of carbonyl (C=O) groups is 1. The van der Waals surface area contributed by atoms with Crippen LogP contribution >= 0.6 is 23.5 Å². The molecule has 0 radical (unpaired) electrons. The zero-order valence-corrected chi connectivity index (χ0v) is 10.4. The smallest absolute Gasteiger partial charge is 0.185 e. The molecule has 0 spiro atoms. The van der Waals surface area contributed by atoms with Crippen LogP contribution in [0.25, 0.3) is 0 Å². The minimum Gasteiger partial charge on any atom is -0.292 e. The average Bonchev–Trinajstić information content (AvgIpc) is 2.30. The van der Waals surface area contributed by atoms with E-state index >= 15 is 0 Å². The van der Waals surface area contributed by atoms with E-state index in [-0.39, 0.29) is 10.4 Å². The van der Waals surface area contributed by atoms with E-state index in [0.29, 0.717) is 0 Å². The summed E-state index contributed by atoms with van der Waals surface area (Å²) in [7, 11) is 0. The van der Waals surface area contributed by atoms with Crippen LogP contribution in [0.5, 0.6) is 0 Å². The van der Waals surface area contributed by atoms with Crippen molar-refractivity contribution in [1.82, 2.24) is 0 Å². The summed E-state index contributed by atoms with van der Waals surface area (Å²) < 4.78 is 0.126. The third-order valence-electron chi connectivity index (χ3n) is 2.38. The Hall–Kier alpha value is -0.410. The largest absolute Gasteiger partial charge is 0.292 e. The molecule has 2 rings (SSSR count). The monoisotopic (exact) mass is 238 g/mol. The van der Waals surface area contributed by atoms with Gasteiger partial charge < -0.3 is 0 Å². The maximum atomic E-state index is 12.1. The zero-order valence-electron chi connectivity index (χ0n) is 8.73. The van der Waals surface area contributed by atoms with E-state index in [4.69, 9.17) is 0 Å². The molecule has 0 amide bonds. The second-order valence-corrected chi connectivity index (χ2v) is 6.38. The topological polar surface area (TPSA) is 17.1 Å². The lowest BCUT2D eigenvalue weighted by atomic mass is 10.1.